The van der Waals surface area contributed by atoms with Gasteiger partial charge in [0.05, 0.1) is 16.3 Å². The average Bonchev–Trinajstić information content (AvgIpc) is 2.82. The molecule has 0 bridgehead atoms. The zero-order valence-electron chi connectivity index (χ0n) is 12.5. The molecule has 5 nitrogen and oxygen atoms in total. The van der Waals surface area contributed by atoms with Crippen LogP contribution in [0, 0.1) is 0 Å². The fourth-order valence-corrected chi connectivity index (χ4v) is 2.65. The monoisotopic (exact) mass is 306 g/mol. The molecule has 0 saturated carbocycles. The first-order valence-electron chi connectivity index (χ1n) is 6.49. The number of rotatable bonds is 3. The van der Waals surface area contributed by atoms with E-state index in [1.165, 1.54) is 6.26 Å². The van der Waals surface area contributed by atoms with Gasteiger partial charge in [-0.1, -0.05) is 20.8 Å². The SMILES string of the molecule is CC(C)(C)c1cc(C=O)nn1-c1ccc(S(C)(=O)=O)cc1. The van der Waals surface area contributed by atoms with Crippen molar-refractivity contribution < 1.29 is 13.2 Å². The maximum Gasteiger partial charge on any atom is 0.175 e. The fourth-order valence-electron chi connectivity index (χ4n) is 2.02. The van der Waals surface area contributed by atoms with Gasteiger partial charge in [-0.15, -0.1) is 0 Å². The van der Waals surface area contributed by atoms with Gasteiger partial charge in [0.2, 0.25) is 0 Å². The van der Waals surface area contributed by atoms with E-state index in [-0.39, 0.29) is 10.3 Å². The first kappa shape index (κ1) is 15.4. The van der Waals surface area contributed by atoms with Crippen molar-refractivity contribution in [2.45, 2.75) is 31.1 Å². The minimum absolute atomic E-state index is 0.191. The van der Waals surface area contributed by atoms with Crippen LogP contribution in [0.1, 0.15) is 37.0 Å². The van der Waals surface area contributed by atoms with Crippen LogP contribution < -0.4 is 0 Å². The van der Waals surface area contributed by atoms with Gasteiger partial charge in [0.15, 0.2) is 16.1 Å². The van der Waals surface area contributed by atoms with Gasteiger partial charge < -0.3 is 0 Å². The van der Waals surface area contributed by atoms with Crippen molar-refractivity contribution in [3.05, 3.63) is 41.7 Å². The highest BCUT2D eigenvalue weighted by Crippen LogP contribution is 2.26. The highest BCUT2D eigenvalue weighted by Gasteiger charge is 2.22. The molecule has 112 valence electrons. The topological polar surface area (TPSA) is 69.0 Å². The van der Waals surface area contributed by atoms with Crippen LogP contribution in [0.15, 0.2) is 35.2 Å². The van der Waals surface area contributed by atoms with E-state index in [0.29, 0.717) is 12.0 Å². The quantitative estimate of drug-likeness (QED) is 0.816. The van der Waals surface area contributed by atoms with E-state index in [2.05, 4.69) is 5.10 Å². The second kappa shape index (κ2) is 5.11. The second-order valence-corrected chi connectivity index (χ2v) is 8.02. The van der Waals surface area contributed by atoms with E-state index in [0.717, 1.165) is 11.4 Å². The fraction of sp³-hybridized carbons (Fsp3) is 0.333. The molecule has 2 aromatic rings. The molecule has 1 heterocycles. The molecule has 21 heavy (non-hydrogen) atoms. The third-order valence-corrected chi connectivity index (χ3v) is 4.26. The van der Waals surface area contributed by atoms with Gasteiger partial charge in [0.25, 0.3) is 0 Å². The van der Waals surface area contributed by atoms with Crippen molar-refractivity contribution in [1.29, 1.82) is 0 Å². The van der Waals surface area contributed by atoms with Crippen LogP contribution in [0.3, 0.4) is 0 Å². The second-order valence-electron chi connectivity index (χ2n) is 6.00. The predicted molar refractivity (Wildman–Crippen MR) is 80.8 cm³/mol. The molecule has 0 aliphatic heterocycles. The van der Waals surface area contributed by atoms with Crippen molar-refractivity contribution >= 4 is 16.1 Å². The summed E-state index contributed by atoms with van der Waals surface area (Å²) in [6, 6.07) is 8.20. The standard InChI is InChI=1S/C15H18N2O3S/c1-15(2,3)14-9-11(10-18)16-17(14)12-5-7-13(8-6-12)21(4,19)20/h5-10H,1-4H3. The Labute approximate surface area is 124 Å². The lowest BCUT2D eigenvalue weighted by Crippen LogP contribution is -2.17. The molecule has 0 aliphatic carbocycles. The summed E-state index contributed by atoms with van der Waals surface area (Å²) in [5.74, 6) is 0. The molecule has 0 unspecified atom stereocenters. The molecule has 0 radical (unpaired) electrons. The van der Waals surface area contributed by atoms with Crippen LogP contribution in [-0.2, 0) is 15.3 Å². The van der Waals surface area contributed by atoms with Crippen molar-refractivity contribution in [1.82, 2.24) is 9.78 Å². The first-order valence-corrected chi connectivity index (χ1v) is 8.38. The third kappa shape index (κ3) is 3.21. The number of sulfone groups is 1. The number of carbonyl (C=O) groups is 1. The van der Waals surface area contributed by atoms with E-state index in [1.54, 1.807) is 35.0 Å². The van der Waals surface area contributed by atoms with Gasteiger partial charge in [0.1, 0.15) is 5.69 Å². The number of aromatic nitrogens is 2. The van der Waals surface area contributed by atoms with Gasteiger partial charge in [-0.3, -0.25) is 4.79 Å². The van der Waals surface area contributed by atoms with Crippen molar-refractivity contribution in [3.8, 4) is 5.69 Å². The lowest BCUT2D eigenvalue weighted by atomic mass is 9.92. The molecule has 6 heteroatoms. The van der Waals surface area contributed by atoms with Gasteiger partial charge in [0, 0.05) is 11.7 Å². The lowest BCUT2D eigenvalue weighted by molar-refractivity contribution is 0.111. The summed E-state index contributed by atoms with van der Waals surface area (Å²) in [5, 5.41) is 4.26. The zero-order valence-corrected chi connectivity index (χ0v) is 13.3. The summed E-state index contributed by atoms with van der Waals surface area (Å²) in [6.07, 6.45) is 1.87. The smallest absolute Gasteiger partial charge is 0.175 e. The highest BCUT2D eigenvalue weighted by molar-refractivity contribution is 7.90. The summed E-state index contributed by atoms with van der Waals surface area (Å²) in [5.41, 5.74) is 1.77. The van der Waals surface area contributed by atoms with Crippen molar-refractivity contribution in [3.63, 3.8) is 0 Å². The van der Waals surface area contributed by atoms with Gasteiger partial charge >= 0.3 is 0 Å². The lowest BCUT2D eigenvalue weighted by Gasteiger charge is -2.20. The summed E-state index contributed by atoms with van der Waals surface area (Å²) in [4.78, 5) is 11.2. The summed E-state index contributed by atoms with van der Waals surface area (Å²) in [6.45, 7) is 6.08. The maximum absolute atomic E-state index is 11.5. The highest BCUT2D eigenvalue weighted by atomic mass is 32.2. The zero-order chi connectivity index (χ0) is 15.8. The Morgan fingerprint density at radius 2 is 1.71 bits per heavy atom. The van der Waals surface area contributed by atoms with E-state index < -0.39 is 9.84 Å². The Kier molecular flexibility index (Phi) is 3.76. The normalized spacial score (nSPS) is 12.4. The molecular formula is C15H18N2O3S. The number of hydrogen-bond acceptors (Lipinski definition) is 4. The van der Waals surface area contributed by atoms with Crippen molar-refractivity contribution in [2.75, 3.05) is 6.26 Å². The van der Waals surface area contributed by atoms with Crippen LogP contribution in [0.2, 0.25) is 0 Å². The molecule has 0 atom stereocenters. The Hall–Kier alpha value is -1.95. The van der Waals surface area contributed by atoms with Crippen LogP contribution in [0.4, 0.5) is 0 Å². The Balaban J connectivity index is 2.56. The van der Waals surface area contributed by atoms with E-state index >= 15 is 0 Å². The first-order chi connectivity index (χ1) is 9.63. The summed E-state index contributed by atoms with van der Waals surface area (Å²) >= 11 is 0. The van der Waals surface area contributed by atoms with E-state index in [4.69, 9.17) is 0 Å². The number of carbonyl (C=O) groups excluding carboxylic acids is 1. The number of benzene rings is 1. The molecule has 0 saturated heterocycles. The summed E-state index contributed by atoms with van der Waals surface area (Å²) < 4.78 is 24.7. The number of aldehydes is 1. The molecule has 0 N–H and O–H groups in total. The molecule has 0 aliphatic rings. The molecule has 1 aromatic heterocycles. The summed E-state index contributed by atoms with van der Waals surface area (Å²) in [7, 11) is -3.23. The maximum atomic E-state index is 11.5. The molecular weight excluding hydrogens is 288 g/mol. The van der Waals surface area contributed by atoms with E-state index in [1.807, 2.05) is 20.8 Å². The van der Waals surface area contributed by atoms with E-state index in [9.17, 15) is 13.2 Å². The van der Waals surface area contributed by atoms with Crippen LogP contribution >= 0.6 is 0 Å². The Bertz CT molecular complexity index is 766. The van der Waals surface area contributed by atoms with Crippen LogP contribution in [0.5, 0.6) is 0 Å². The van der Waals surface area contributed by atoms with Crippen LogP contribution in [-0.4, -0.2) is 30.7 Å². The Morgan fingerprint density at radius 1 is 1.14 bits per heavy atom. The molecule has 0 spiro atoms. The molecule has 0 fully saturated rings. The minimum Gasteiger partial charge on any atom is -0.296 e. The molecule has 2 rings (SSSR count). The van der Waals surface area contributed by atoms with Gasteiger partial charge in [-0.05, 0) is 30.3 Å². The number of nitrogens with zero attached hydrogens (tertiary/aromatic N) is 2. The number of hydrogen-bond donors (Lipinski definition) is 0. The van der Waals surface area contributed by atoms with Crippen molar-refractivity contribution in [2.24, 2.45) is 0 Å². The Morgan fingerprint density at radius 3 is 2.14 bits per heavy atom. The van der Waals surface area contributed by atoms with Gasteiger partial charge in [-0.25, -0.2) is 13.1 Å². The largest absolute Gasteiger partial charge is 0.296 e. The van der Waals surface area contributed by atoms with Gasteiger partial charge in [-0.2, -0.15) is 5.10 Å². The molecule has 1 aromatic carbocycles. The van der Waals surface area contributed by atoms with Crippen LogP contribution in [0.25, 0.3) is 5.69 Å². The minimum atomic E-state index is -3.23. The predicted octanol–water partition coefficient (Wildman–Crippen LogP) is 2.39. The molecule has 0 amide bonds. The third-order valence-electron chi connectivity index (χ3n) is 3.13. The average molecular weight is 306 g/mol.